The molecule has 3 rings (SSSR count). The van der Waals surface area contributed by atoms with Crippen molar-refractivity contribution < 1.29 is 22.4 Å². The predicted molar refractivity (Wildman–Crippen MR) is 79.8 cm³/mol. The fraction of sp³-hybridized carbons (Fsp3) is 0. The van der Waals surface area contributed by atoms with Crippen LogP contribution in [0, 0.1) is 17.5 Å². The number of aromatic nitrogens is 1. The van der Waals surface area contributed by atoms with E-state index in [2.05, 4.69) is 26.2 Å². The molecule has 0 spiro atoms. The van der Waals surface area contributed by atoms with Crippen LogP contribution in [0.5, 0.6) is 0 Å². The molecule has 1 amide bonds. The van der Waals surface area contributed by atoms with Gasteiger partial charge in [-0.25, -0.2) is 18.2 Å². The average molecular weight is 386 g/mol. The van der Waals surface area contributed by atoms with Crippen molar-refractivity contribution in [2.24, 2.45) is 5.73 Å². The Kier molecular flexibility index (Phi) is 3.72. The van der Waals surface area contributed by atoms with E-state index < -0.39 is 34.8 Å². The molecule has 0 unspecified atom stereocenters. The monoisotopic (exact) mass is 385 g/mol. The molecule has 23 heavy (non-hydrogen) atoms. The van der Waals surface area contributed by atoms with Crippen molar-refractivity contribution in [3.8, 4) is 0 Å². The molecule has 2 aromatic carbocycles. The molecule has 9 heteroatoms. The summed E-state index contributed by atoms with van der Waals surface area (Å²) in [5.74, 6) is -4.86. The number of benzene rings is 2. The Labute approximate surface area is 135 Å². The van der Waals surface area contributed by atoms with Crippen molar-refractivity contribution in [2.75, 3.05) is 5.32 Å². The third kappa shape index (κ3) is 2.74. The van der Waals surface area contributed by atoms with Crippen LogP contribution in [0.3, 0.4) is 0 Å². The van der Waals surface area contributed by atoms with E-state index in [-0.39, 0.29) is 17.0 Å². The van der Waals surface area contributed by atoms with E-state index in [0.29, 0.717) is 4.47 Å². The fourth-order valence-electron chi connectivity index (χ4n) is 1.94. The van der Waals surface area contributed by atoms with Gasteiger partial charge in [0.2, 0.25) is 0 Å². The number of hydrogen-bond acceptors (Lipinski definition) is 4. The van der Waals surface area contributed by atoms with Crippen molar-refractivity contribution in [1.29, 1.82) is 0 Å². The van der Waals surface area contributed by atoms with Crippen LogP contribution in [-0.2, 0) is 0 Å². The van der Waals surface area contributed by atoms with Crippen molar-refractivity contribution in [3.05, 3.63) is 52.1 Å². The predicted octanol–water partition coefficient (Wildman–Crippen LogP) is 3.85. The highest BCUT2D eigenvalue weighted by Crippen LogP contribution is 2.30. The summed E-state index contributed by atoms with van der Waals surface area (Å²) >= 11 is 3.09. The third-order valence-electron chi connectivity index (χ3n) is 2.98. The molecule has 1 aromatic heterocycles. The molecule has 0 aliphatic rings. The van der Waals surface area contributed by atoms with Gasteiger partial charge in [-0.3, -0.25) is 4.79 Å². The Morgan fingerprint density at radius 3 is 2.57 bits per heavy atom. The first-order chi connectivity index (χ1) is 10.9. The Bertz CT molecular complexity index is 943. The number of halogens is 4. The maximum atomic E-state index is 14.1. The first kappa shape index (κ1) is 15.3. The number of carbonyl (C=O) groups excluding carboxylic acids is 1. The number of carbonyl (C=O) groups is 1. The topological polar surface area (TPSA) is 81.2 Å². The van der Waals surface area contributed by atoms with Crippen LogP contribution in [0.15, 0.2) is 33.2 Å². The van der Waals surface area contributed by atoms with Crippen molar-refractivity contribution in [3.63, 3.8) is 0 Å². The highest BCUT2D eigenvalue weighted by molar-refractivity contribution is 9.10. The number of primary amides is 1. The summed E-state index contributed by atoms with van der Waals surface area (Å²) in [4.78, 5) is 14.5. The lowest BCUT2D eigenvalue weighted by Gasteiger charge is -2.09. The molecule has 1 heterocycles. The summed E-state index contributed by atoms with van der Waals surface area (Å²) in [7, 11) is 0. The zero-order chi connectivity index (χ0) is 16.7. The molecule has 3 aromatic rings. The van der Waals surface area contributed by atoms with Crippen molar-refractivity contribution in [1.82, 2.24) is 4.98 Å². The quantitative estimate of drug-likeness (QED) is 0.717. The number of hydrogen-bond donors (Lipinski definition) is 2. The van der Waals surface area contributed by atoms with Gasteiger partial charge < -0.3 is 15.5 Å². The number of nitrogens with zero attached hydrogens (tertiary/aromatic N) is 1. The molecule has 3 N–H and O–H groups in total. The molecular formula is C14H7BrF3N3O2. The number of nitrogens with two attached hydrogens (primary N) is 1. The lowest BCUT2D eigenvalue weighted by atomic mass is 10.2. The van der Waals surface area contributed by atoms with Crippen LogP contribution in [-0.4, -0.2) is 10.9 Å². The lowest BCUT2D eigenvalue weighted by Crippen LogP contribution is -2.10. The number of fused-ring (bicyclic) bond motifs is 1. The molecule has 0 atom stereocenters. The van der Waals surface area contributed by atoms with Crippen LogP contribution in [0.1, 0.15) is 10.7 Å². The summed E-state index contributed by atoms with van der Waals surface area (Å²) < 4.78 is 47.3. The van der Waals surface area contributed by atoms with Crippen LogP contribution in [0.25, 0.3) is 11.1 Å². The van der Waals surface area contributed by atoms with E-state index >= 15 is 0 Å². The minimum absolute atomic E-state index is 0.0690. The minimum Gasteiger partial charge on any atom is -0.432 e. The SMILES string of the molecule is NC(=O)c1nc2c(F)c(F)c(Nc3ccc(Br)cc3F)cc2o1. The number of oxazole rings is 1. The van der Waals surface area contributed by atoms with Gasteiger partial charge in [-0.2, -0.15) is 0 Å². The second-order valence-electron chi connectivity index (χ2n) is 4.53. The molecule has 0 fully saturated rings. The van der Waals surface area contributed by atoms with Gasteiger partial charge in [0.15, 0.2) is 17.2 Å². The smallest absolute Gasteiger partial charge is 0.304 e. The first-order valence-corrected chi connectivity index (χ1v) is 6.96. The van der Waals surface area contributed by atoms with E-state index in [1.807, 2.05) is 0 Å². The van der Waals surface area contributed by atoms with Crippen LogP contribution < -0.4 is 11.1 Å². The first-order valence-electron chi connectivity index (χ1n) is 6.17. The molecule has 0 aliphatic heterocycles. The Morgan fingerprint density at radius 2 is 1.91 bits per heavy atom. The van der Waals surface area contributed by atoms with Gasteiger partial charge in [0, 0.05) is 10.5 Å². The summed E-state index contributed by atoms with van der Waals surface area (Å²) in [5.41, 5.74) is 3.87. The zero-order valence-corrected chi connectivity index (χ0v) is 12.7. The highest BCUT2D eigenvalue weighted by Gasteiger charge is 2.21. The molecule has 0 radical (unpaired) electrons. The zero-order valence-electron chi connectivity index (χ0n) is 11.2. The van der Waals surface area contributed by atoms with Crippen LogP contribution in [0.4, 0.5) is 24.5 Å². The Morgan fingerprint density at radius 1 is 1.17 bits per heavy atom. The second-order valence-corrected chi connectivity index (χ2v) is 5.45. The molecule has 0 bridgehead atoms. The summed E-state index contributed by atoms with van der Waals surface area (Å²) in [6, 6.07) is 5.09. The third-order valence-corrected chi connectivity index (χ3v) is 3.47. The molecule has 5 nitrogen and oxygen atoms in total. The van der Waals surface area contributed by atoms with E-state index in [9.17, 15) is 18.0 Å². The van der Waals surface area contributed by atoms with Gasteiger partial charge in [0.1, 0.15) is 11.3 Å². The number of rotatable bonds is 3. The van der Waals surface area contributed by atoms with E-state index in [0.717, 1.165) is 12.1 Å². The molecule has 0 aliphatic carbocycles. The molecule has 118 valence electrons. The average Bonchev–Trinajstić information content (AvgIpc) is 2.91. The molecule has 0 saturated carbocycles. The van der Waals surface area contributed by atoms with E-state index in [1.54, 1.807) is 0 Å². The lowest BCUT2D eigenvalue weighted by molar-refractivity contribution is 0.0969. The van der Waals surface area contributed by atoms with E-state index in [1.165, 1.54) is 12.1 Å². The van der Waals surface area contributed by atoms with Crippen LogP contribution >= 0.6 is 15.9 Å². The number of anilines is 2. The summed E-state index contributed by atoms with van der Waals surface area (Å²) in [6.45, 7) is 0. The number of nitrogens with one attached hydrogen (secondary N) is 1. The normalized spacial score (nSPS) is 11.0. The standard InChI is InChI=1S/C14H7BrF3N3O2/c15-5-1-2-7(6(16)3-5)20-8-4-9-12(11(18)10(8)17)21-14(23-9)13(19)22/h1-4,20H,(H2,19,22). The highest BCUT2D eigenvalue weighted by atomic mass is 79.9. The Hall–Kier alpha value is -2.55. The van der Waals surface area contributed by atoms with Gasteiger partial charge >= 0.3 is 5.91 Å². The van der Waals surface area contributed by atoms with E-state index in [4.69, 9.17) is 10.2 Å². The van der Waals surface area contributed by atoms with Gasteiger partial charge in [0.25, 0.3) is 5.89 Å². The van der Waals surface area contributed by atoms with Gasteiger partial charge in [-0.05, 0) is 18.2 Å². The fourth-order valence-corrected chi connectivity index (χ4v) is 2.27. The van der Waals surface area contributed by atoms with Gasteiger partial charge in [0.05, 0.1) is 11.4 Å². The Balaban J connectivity index is 2.10. The van der Waals surface area contributed by atoms with Crippen LogP contribution in [0.2, 0.25) is 0 Å². The minimum atomic E-state index is -1.33. The maximum Gasteiger partial charge on any atom is 0.304 e. The van der Waals surface area contributed by atoms with Crippen molar-refractivity contribution >= 4 is 44.3 Å². The largest absolute Gasteiger partial charge is 0.432 e. The summed E-state index contributed by atoms with van der Waals surface area (Å²) in [5, 5.41) is 2.42. The number of amides is 1. The van der Waals surface area contributed by atoms with Gasteiger partial charge in [-0.1, -0.05) is 15.9 Å². The van der Waals surface area contributed by atoms with Gasteiger partial charge in [-0.15, -0.1) is 0 Å². The molecule has 0 saturated heterocycles. The maximum absolute atomic E-state index is 14.1. The summed E-state index contributed by atoms with van der Waals surface area (Å²) in [6.07, 6.45) is 0. The van der Waals surface area contributed by atoms with Crippen molar-refractivity contribution in [2.45, 2.75) is 0 Å². The second kappa shape index (κ2) is 5.58. The molecular weight excluding hydrogens is 379 g/mol.